The SMILES string of the molecule is CC(C)(C)c1cccc(OC2CC2)c1. The van der Waals surface area contributed by atoms with Gasteiger partial charge in [-0.2, -0.15) is 0 Å². The van der Waals surface area contributed by atoms with E-state index in [1.165, 1.54) is 18.4 Å². The van der Waals surface area contributed by atoms with Gasteiger partial charge in [-0.15, -0.1) is 0 Å². The molecule has 1 heteroatoms. The lowest BCUT2D eigenvalue weighted by molar-refractivity contribution is 0.302. The molecule has 1 aromatic carbocycles. The van der Waals surface area contributed by atoms with Crippen LogP contribution in [0.3, 0.4) is 0 Å². The first kappa shape index (κ1) is 9.57. The summed E-state index contributed by atoms with van der Waals surface area (Å²) in [7, 11) is 0. The Hall–Kier alpha value is -0.980. The van der Waals surface area contributed by atoms with Crippen LogP contribution in [0.4, 0.5) is 0 Å². The summed E-state index contributed by atoms with van der Waals surface area (Å²) in [6.07, 6.45) is 2.93. The Morgan fingerprint density at radius 3 is 2.50 bits per heavy atom. The van der Waals surface area contributed by atoms with Gasteiger partial charge in [-0.25, -0.2) is 0 Å². The van der Waals surface area contributed by atoms with E-state index in [9.17, 15) is 0 Å². The van der Waals surface area contributed by atoms with Gasteiger partial charge in [0.1, 0.15) is 5.75 Å². The highest BCUT2D eigenvalue weighted by molar-refractivity contribution is 5.32. The second-order valence-corrected chi connectivity index (χ2v) is 5.10. The molecule has 76 valence electrons. The third kappa shape index (κ3) is 2.28. The Kier molecular flexibility index (Phi) is 2.26. The molecule has 0 aromatic heterocycles. The number of hydrogen-bond donors (Lipinski definition) is 0. The monoisotopic (exact) mass is 190 g/mol. The minimum atomic E-state index is 0.211. The van der Waals surface area contributed by atoms with Gasteiger partial charge in [0.2, 0.25) is 0 Å². The van der Waals surface area contributed by atoms with Crippen LogP contribution in [-0.4, -0.2) is 6.10 Å². The molecular formula is C13H18O. The third-order valence-electron chi connectivity index (χ3n) is 2.53. The fourth-order valence-electron chi connectivity index (χ4n) is 1.41. The Labute approximate surface area is 86.1 Å². The van der Waals surface area contributed by atoms with Crippen LogP contribution in [-0.2, 0) is 5.41 Å². The maximum Gasteiger partial charge on any atom is 0.120 e. The molecule has 0 heterocycles. The standard InChI is InChI=1S/C13H18O/c1-13(2,3)10-5-4-6-12(9-10)14-11-7-8-11/h4-6,9,11H,7-8H2,1-3H3. The van der Waals surface area contributed by atoms with E-state index >= 15 is 0 Å². The second-order valence-electron chi connectivity index (χ2n) is 5.10. The van der Waals surface area contributed by atoms with Gasteiger partial charge in [-0.1, -0.05) is 32.9 Å². The first-order valence-corrected chi connectivity index (χ1v) is 5.33. The summed E-state index contributed by atoms with van der Waals surface area (Å²) in [6.45, 7) is 6.68. The first-order valence-electron chi connectivity index (χ1n) is 5.33. The highest BCUT2D eigenvalue weighted by Crippen LogP contribution is 2.30. The van der Waals surface area contributed by atoms with Crippen molar-refractivity contribution in [3.8, 4) is 5.75 Å². The average Bonchev–Trinajstić information content (AvgIpc) is 2.87. The zero-order valence-electron chi connectivity index (χ0n) is 9.21. The lowest BCUT2D eigenvalue weighted by Crippen LogP contribution is -2.11. The van der Waals surface area contributed by atoms with Crippen molar-refractivity contribution >= 4 is 0 Å². The van der Waals surface area contributed by atoms with Gasteiger partial charge in [0.25, 0.3) is 0 Å². The molecule has 0 amide bonds. The summed E-state index contributed by atoms with van der Waals surface area (Å²) in [5.74, 6) is 1.03. The molecule has 0 aliphatic heterocycles. The minimum absolute atomic E-state index is 0.211. The summed E-state index contributed by atoms with van der Waals surface area (Å²) in [5, 5.41) is 0. The van der Waals surface area contributed by atoms with E-state index in [1.807, 2.05) is 6.07 Å². The molecule has 1 fully saturated rings. The number of hydrogen-bond acceptors (Lipinski definition) is 1. The molecule has 0 bridgehead atoms. The fraction of sp³-hybridized carbons (Fsp3) is 0.538. The summed E-state index contributed by atoms with van der Waals surface area (Å²) < 4.78 is 5.76. The Morgan fingerprint density at radius 2 is 1.93 bits per heavy atom. The van der Waals surface area contributed by atoms with Crippen LogP contribution in [0.5, 0.6) is 5.75 Å². The summed E-state index contributed by atoms with van der Waals surface area (Å²) in [4.78, 5) is 0. The van der Waals surface area contributed by atoms with Gasteiger partial charge < -0.3 is 4.74 Å². The van der Waals surface area contributed by atoms with Crippen LogP contribution < -0.4 is 4.74 Å². The predicted octanol–water partition coefficient (Wildman–Crippen LogP) is 3.53. The van der Waals surface area contributed by atoms with E-state index in [0.717, 1.165) is 5.75 Å². The van der Waals surface area contributed by atoms with Gasteiger partial charge in [0.15, 0.2) is 0 Å². The van der Waals surface area contributed by atoms with Crippen molar-refractivity contribution in [1.82, 2.24) is 0 Å². The second kappa shape index (κ2) is 3.30. The van der Waals surface area contributed by atoms with Gasteiger partial charge >= 0.3 is 0 Å². The van der Waals surface area contributed by atoms with Gasteiger partial charge in [0.05, 0.1) is 6.10 Å². The van der Waals surface area contributed by atoms with Crippen molar-refractivity contribution in [2.45, 2.75) is 45.1 Å². The number of ether oxygens (including phenoxy) is 1. The molecule has 1 aliphatic rings. The van der Waals surface area contributed by atoms with Crippen molar-refractivity contribution in [1.29, 1.82) is 0 Å². The molecule has 0 N–H and O–H groups in total. The molecule has 1 aromatic rings. The Balaban J connectivity index is 2.17. The van der Waals surface area contributed by atoms with Crippen LogP contribution in [0, 0.1) is 0 Å². The zero-order chi connectivity index (χ0) is 10.2. The van der Waals surface area contributed by atoms with Gasteiger partial charge in [-0.05, 0) is 36.0 Å². The maximum absolute atomic E-state index is 5.76. The van der Waals surface area contributed by atoms with E-state index in [-0.39, 0.29) is 5.41 Å². The summed E-state index contributed by atoms with van der Waals surface area (Å²) >= 11 is 0. The van der Waals surface area contributed by atoms with E-state index < -0.39 is 0 Å². The normalized spacial score (nSPS) is 16.8. The summed E-state index contributed by atoms with van der Waals surface area (Å²) in [5.41, 5.74) is 1.55. The van der Waals surface area contributed by atoms with E-state index in [0.29, 0.717) is 6.10 Å². The largest absolute Gasteiger partial charge is 0.490 e. The fourth-order valence-corrected chi connectivity index (χ4v) is 1.41. The molecule has 1 aliphatic carbocycles. The van der Waals surface area contributed by atoms with E-state index in [1.54, 1.807) is 0 Å². The topological polar surface area (TPSA) is 9.23 Å². The molecule has 2 rings (SSSR count). The average molecular weight is 190 g/mol. The minimum Gasteiger partial charge on any atom is -0.490 e. The van der Waals surface area contributed by atoms with Gasteiger partial charge in [0, 0.05) is 0 Å². The molecule has 1 nitrogen and oxygen atoms in total. The lowest BCUT2D eigenvalue weighted by atomic mass is 9.87. The van der Waals surface area contributed by atoms with Crippen LogP contribution in [0.1, 0.15) is 39.2 Å². The van der Waals surface area contributed by atoms with Gasteiger partial charge in [-0.3, -0.25) is 0 Å². The highest BCUT2D eigenvalue weighted by Gasteiger charge is 2.24. The van der Waals surface area contributed by atoms with Crippen LogP contribution in [0.2, 0.25) is 0 Å². The first-order chi connectivity index (χ1) is 6.55. The Morgan fingerprint density at radius 1 is 1.21 bits per heavy atom. The quantitative estimate of drug-likeness (QED) is 0.693. The van der Waals surface area contributed by atoms with Crippen LogP contribution >= 0.6 is 0 Å². The maximum atomic E-state index is 5.76. The number of benzene rings is 1. The van der Waals surface area contributed by atoms with Crippen molar-refractivity contribution in [3.63, 3.8) is 0 Å². The molecular weight excluding hydrogens is 172 g/mol. The molecule has 0 radical (unpaired) electrons. The molecule has 14 heavy (non-hydrogen) atoms. The molecule has 0 atom stereocenters. The van der Waals surface area contributed by atoms with Crippen LogP contribution in [0.25, 0.3) is 0 Å². The van der Waals surface area contributed by atoms with Crippen molar-refractivity contribution in [3.05, 3.63) is 29.8 Å². The van der Waals surface area contributed by atoms with Crippen molar-refractivity contribution < 1.29 is 4.74 Å². The Bertz CT molecular complexity index is 318. The number of rotatable bonds is 2. The van der Waals surface area contributed by atoms with E-state index in [4.69, 9.17) is 4.74 Å². The van der Waals surface area contributed by atoms with Crippen LogP contribution in [0.15, 0.2) is 24.3 Å². The lowest BCUT2D eigenvalue weighted by Gasteiger charge is -2.19. The molecule has 0 unspecified atom stereocenters. The van der Waals surface area contributed by atoms with E-state index in [2.05, 4.69) is 39.0 Å². The smallest absolute Gasteiger partial charge is 0.120 e. The molecule has 0 saturated heterocycles. The molecule has 0 spiro atoms. The zero-order valence-corrected chi connectivity index (χ0v) is 9.21. The molecule has 1 saturated carbocycles. The van der Waals surface area contributed by atoms with Crippen molar-refractivity contribution in [2.75, 3.05) is 0 Å². The third-order valence-corrected chi connectivity index (χ3v) is 2.53. The summed E-state index contributed by atoms with van der Waals surface area (Å²) in [6, 6.07) is 8.46. The van der Waals surface area contributed by atoms with Crippen molar-refractivity contribution in [2.24, 2.45) is 0 Å². The highest BCUT2D eigenvalue weighted by atomic mass is 16.5. The predicted molar refractivity (Wildman–Crippen MR) is 58.8 cm³/mol.